The minimum Gasteiger partial charge on any atom is -0.508 e. The van der Waals surface area contributed by atoms with Gasteiger partial charge in [0.1, 0.15) is 5.75 Å². The number of aryl methyl sites for hydroxylation is 1. The van der Waals surface area contributed by atoms with E-state index in [4.69, 9.17) is 4.74 Å². The Hall–Kier alpha value is -2.62. The second-order valence-electron chi connectivity index (χ2n) is 4.93. The molecular formula is C18H19NO3. The lowest BCUT2D eigenvalue weighted by molar-refractivity contribution is -0.144. The lowest BCUT2D eigenvalue weighted by atomic mass is 10.1. The molecule has 2 rings (SSSR count). The second kappa shape index (κ2) is 7.41. The van der Waals surface area contributed by atoms with E-state index in [0.29, 0.717) is 12.2 Å². The number of ether oxygens (including phenoxy) is 1. The summed E-state index contributed by atoms with van der Waals surface area (Å²) < 4.78 is 5.08. The summed E-state index contributed by atoms with van der Waals surface area (Å²) >= 11 is 0. The number of rotatable bonds is 5. The van der Waals surface area contributed by atoms with E-state index in [1.165, 1.54) is 12.1 Å². The molecular weight excluding hydrogens is 278 g/mol. The van der Waals surface area contributed by atoms with Crippen molar-refractivity contribution in [2.24, 2.45) is 4.99 Å². The van der Waals surface area contributed by atoms with Crippen LogP contribution in [0.5, 0.6) is 5.75 Å². The summed E-state index contributed by atoms with van der Waals surface area (Å²) in [6.07, 6.45) is 1.66. The normalized spacial score (nSPS) is 12.3. The SMILES string of the molecule is CCOC(=O)C(/N=C/c1ccc(C)cc1)c1ccc(O)cc1. The molecule has 4 nitrogen and oxygen atoms in total. The van der Waals surface area contributed by atoms with Gasteiger partial charge in [-0.2, -0.15) is 0 Å². The molecule has 0 spiro atoms. The van der Waals surface area contributed by atoms with Gasteiger partial charge in [-0.05, 0) is 37.1 Å². The van der Waals surface area contributed by atoms with Gasteiger partial charge in [-0.1, -0.05) is 42.0 Å². The van der Waals surface area contributed by atoms with Crippen LogP contribution in [0.2, 0.25) is 0 Å². The molecule has 114 valence electrons. The van der Waals surface area contributed by atoms with Crippen LogP contribution in [0.1, 0.15) is 29.7 Å². The fraction of sp³-hybridized carbons (Fsp3) is 0.222. The number of benzene rings is 2. The summed E-state index contributed by atoms with van der Waals surface area (Å²) in [4.78, 5) is 16.5. The number of hydrogen-bond donors (Lipinski definition) is 1. The van der Waals surface area contributed by atoms with E-state index in [9.17, 15) is 9.90 Å². The minimum absolute atomic E-state index is 0.147. The first-order valence-corrected chi connectivity index (χ1v) is 7.15. The summed E-state index contributed by atoms with van der Waals surface area (Å²) in [5, 5.41) is 9.36. The number of nitrogens with zero attached hydrogens (tertiary/aromatic N) is 1. The Bertz CT molecular complexity index is 645. The average Bonchev–Trinajstić information content (AvgIpc) is 2.51. The lowest BCUT2D eigenvalue weighted by Crippen LogP contribution is -2.14. The summed E-state index contributed by atoms with van der Waals surface area (Å²) in [5.74, 6) is -0.259. The average molecular weight is 297 g/mol. The molecule has 0 heterocycles. The van der Waals surface area contributed by atoms with E-state index in [2.05, 4.69) is 4.99 Å². The maximum absolute atomic E-state index is 12.1. The summed E-state index contributed by atoms with van der Waals surface area (Å²) in [6.45, 7) is 4.07. The predicted octanol–water partition coefficient (Wildman–Crippen LogP) is 3.42. The van der Waals surface area contributed by atoms with Gasteiger partial charge in [0.2, 0.25) is 0 Å². The van der Waals surface area contributed by atoms with Crippen LogP contribution in [-0.2, 0) is 9.53 Å². The molecule has 0 aliphatic rings. The smallest absolute Gasteiger partial charge is 0.335 e. The van der Waals surface area contributed by atoms with Crippen LogP contribution in [0.25, 0.3) is 0 Å². The molecule has 1 N–H and O–H groups in total. The molecule has 2 aromatic carbocycles. The fourth-order valence-corrected chi connectivity index (χ4v) is 1.97. The summed E-state index contributed by atoms with van der Waals surface area (Å²) in [7, 11) is 0. The minimum atomic E-state index is -0.734. The molecule has 0 aliphatic carbocycles. The highest BCUT2D eigenvalue weighted by molar-refractivity contribution is 5.85. The number of aromatic hydroxyl groups is 1. The Labute approximate surface area is 130 Å². The largest absolute Gasteiger partial charge is 0.508 e. The molecule has 0 aliphatic heterocycles. The van der Waals surface area contributed by atoms with Crippen LogP contribution in [0.3, 0.4) is 0 Å². The maximum atomic E-state index is 12.1. The van der Waals surface area contributed by atoms with E-state index >= 15 is 0 Å². The van der Waals surface area contributed by atoms with Crippen molar-refractivity contribution in [2.75, 3.05) is 6.61 Å². The highest BCUT2D eigenvalue weighted by Gasteiger charge is 2.20. The monoisotopic (exact) mass is 297 g/mol. The Kier molecular flexibility index (Phi) is 5.31. The van der Waals surface area contributed by atoms with Crippen molar-refractivity contribution in [3.05, 3.63) is 65.2 Å². The van der Waals surface area contributed by atoms with Crippen molar-refractivity contribution in [1.82, 2.24) is 0 Å². The van der Waals surface area contributed by atoms with E-state index in [1.807, 2.05) is 31.2 Å². The van der Waals surface area contributed by atoms with Gasteiger partial charge >= 0.3 is 5.97 Å². The molecule has 4 heteroatoms. The maximum Gasteiger partial charge on any atom is 0.335 e. The number of aliphatic imine (C=N–C) groups is 1. The molecule has 0 bridgehead atoms. The van der Waals surface area contributed by atoms with Gasteiger partial charge in [0.15, 0.2) is 6.04 Å². The molecule has 0 amide bonds. The molecule has 0 saturated carbocycles. The van der Waals surface area contributed by atoms with Crippen LogP contribution in [0, 0.1) is 6.92 Å². The molecule has 2 aromatic rings. The van der Waals surface area contributed by atoms with Gasteiger partial charge in [0, 0.05) is 6.21 Å². The van der Waals surface area contributed by atoms with Crippen molar-refractivity contribution in [1.29, 1.82) is 0 Å². The highest BCUT2D eigenvalue weighted by atomic mass is 16.5. The first-order chi connectivity index (χ1) is 10.6. The Morgan fingerprint density at radius 2 is 1.82 bits per heavy atom. The third kappa shape index (κ3) is 4.19. The fourth-order valence-electron chi connectivity index (χ4n) is 1.97. The van der Waals surface area contributed by atoms with Gasteiger partial charge < -0.3 is 9.84 Å². The van der Waals surface area contributed by atoms with Crippen molar-refractivity contribution >= 4 is 12.2 Å². The molecule has 0 fully saturated rings. The molecule has 0 saturated heterocycles. The Morgan fingerprint density at radius 3 is 2.41 bits per heavy atom. The van der Waals surface area contributed by atoms with Gasteiger partial charge in [-0.15, -0.1) is 0 Å². The van der Waals surface area contributed by atoms with Crippen molar-refractivity contribution in [3.63, 3.8) is 0 Å². The van der Waals surface area contributed by atoms with Crippen molar-refractivity contribution in [3.8, 4) is 5.75 Å². The van der Waals surface area contributed by atoms with Gasteiger partial charge in [0.25, 0.3) is 0 Å². The summed E-state index contributed by atoms with van der Waals surface area (Å²) in [5.41, 5.74) is 2.76. The van der Waals surface area contributed by atoms with Crippen LogP contribution in [0.15, 0.2) is 53.5 Å². The molecule has 0 aromatic heterocycles. The van der Waals surface area contributed by atoms with Gasteiger partial charge in [0.05, 0.1) is 6.61 Å². The molecule has 1 atom stereocenters. The van der Waals surface area contributed by atoms with Crippen LogP contribution < -0.4 is 0 Å². The number of esters is 1. The van der Waals surface area contributed by atoms with Crippen LogP contribution in [-0.4, -0.2) is 23.9 Å². The van der Waals surface area contributed by atoms with E-state index in [1.54, 1.807) is 25.3 Å². The number of carbonyl (C=O) groups excluding carboxylic acids is 1. The topological polar surface area (TPSA) is 58.9 Å². The number of carbonyl (C=O) groups is 1. The van der Waals surface area contributed by atoms with Crippen molar-refractivity contribution in [2.45, 2.75) is 19.9 Å². The summed E-state index contributed by atoms with van der Waals surface area (Å²) in [6, 6.07) is 13.5. The number of phenols is 1. The van der Waals surface area contributed by atoms with Crippen LogP contribution in [0.4, 0.5) is 0 Å². The zero-order valence-electron chi connectivity index (χ0n) is 12.7. The van der Waals surface area contributed by atoms with Gasteiger partial charge in [-0.25, -0.2) is 4.79 Å². The van der Waals surface area contributed by atoms with E-state index in [0.717, 1.165) is 11.1 Å². The highest BCUT2D eigenvalue weighted by Crippen LogP contribution is 2.21. The third-order valence-corrected chi connectivity index (χ3v) is 3.17. The van der Waals surface area contributed by atoms with Crippen LogP contribution >= 0.6 is 0 Å². The standard InChI is InChI=1S/C18H19NO3/c1-3-22-18(21)17(15-8-10-16(20)11-9-15)19-12-14-6-4-13(2)5-7-14/h4-12,17,20H,3H2,1-2H3/b19-12+. The zero-order valence-corrected chi connectivity index (χ0v) is 12.7. The zero-order chi connectivity index (χ0) is 15.9. The first-order valence-electron chi connectivity index (χ1n) is 7.15. The third-order valence-electron chi connectivity index (χ3n) is 3.17. The predicted molar refractivity (Wildman–Crippen MR) is 86.3 cm³/mol. The molecule has 0 radical (unpaired) electrons. The van der Waals surface area contributed by atoms with Crippen molar-refractivity contribution < 1.29 is 14.6 Å². The Morgan fingerprint density at radius 1 is 1.18 bits per heavy atom. The number of phenolic OH excluding ortho intramolecular Hbond substituents is 1. The second-order valence-corrected chi connectivity index (χ2v) is 4.93. The first kappa shape index (κ1) is 15.8. The van der Waals surface area contributed by atoms with E-state index in [-0.39, 0.29) is 5.75 Å². The molecule has 22 heavy (non-hydrogen) atoms. The molecule has 1 unspecified atom stereocenters. The lowest BCUT2D eigenvalue weighted by Gasteiger charge is -2.12. The number of hydrogen-bond acceptors (Lipinski definition) is 4. The quantitative estimate of drug-likeness (QED) is 0.679. The van der Waals surface area contributed by atoms with Gasteiger partial charge in [-0.3, -0.25) is 4.99 Å². The Balaban J connectivity index is 2.26. The van der Waals surface area contributed by atoms with E-state index < -0.39 is 12.0 Å².